The van der Waals surface area contributed by atoms with Gasteiger partial charge >= 0.3 is 0 Å². The third kappa shape index (κ3) is 6.18. The molecule has 0 aliphatic heterocycles. The number of fused-ring (bicyclic) bond motifs is 5. The van der Waals surface area contributed by atoms with Crippen LogP contribution < -0.4 is 0 Å². The molecule has 5 aromatic rings. The third-order valence-corrected chi connectivity index (χ3v) is 5.96. The summed E-state index contributed by atoms with van der Waals surface area (Å²) in [4.78, 5) is 16.3. The Morgan fingerprint density at radius 3 is 2.11 bits per heavy atom. The van der Waals surface area contributed by atoms with Gasteiger partial charge in [0.15, 0.2) is 5.78 Å². The van der Waals surface area contributed by atoms with Gasteiger partial charge in [-0.15, -0.1) is 35.9 Å². The Morgan fingerprint density at radius 1 is 0.865 bits per heavy atom. The number of furan rings is 1. The van der Waals surface area contributed by atoms with Crippen molar-refractivity contribution < 1.29 is 34.4 Å². The van der Waals surface area contributed by atoms with Gasteiger partial charge in [-0.3, -0.25) is 9.78 Å². The molecule has 0 amide bonds. The number of nitrogens with zero attached hydrogens (tertiary/aromatic N) is 1. The monoisotopic (exact) mass is 671 g/mol. The average molecular weight is 671 g/mol. The van der Waals surface area contributed by atoms with E-state index in [1.165, 1.54) is 6.08 Å². The van der Waals surface area contributed by atoms with E-state index in [4.69, 9.17) is 9.40 Å². The second kappa shape index (κ2) is 11.0. The molecule has 1 N–H and O–H groups in total. The van der Waals surface area contributed by atoms with Crippen molar-refractivity contribution in [2.24, 2.45) is 10.8 Å². The fourth-order valence-electron chi connectivity index (χ4n) is 3.71. The van der Waals surface area contributed by atoms with Crippen molar-refractivity contribution in [1.29, 1.82) is 0 Å². The number of aliphatic hydroxyl groups excluding tert-OH is 1. The van der Waals surface area contributed by atoms with Crippen LogP contribution in [0.1, 0.15) is 41.5 Å². The molecular weight excluding hydrogens is 639 g/mol. The van der Waals surface area contributed by atoms with Crippen LogP contribution in [0.2, 0.25) is 0 Å². The molecular formula is C32H32IrNO3-. The van der Waals surface area contributed by atoms with Crippen LogP contribution in [0, 0.1) is 16.9 Å². The van der Waals surface area contributed by atoms with Crippen molar-refractivity contribution in [3.63, 3.8) is 0 Å². The molecule has 5 heteroatoms. The summed E-state index contributed by atoms with van der Waals surface area (Å²) in [5.41, 5.74) is 3.71. The molecule has 2 heterocycles. The minimum Gasteiger partial charge on any atom is -0.512 e. The predicted octanol–water partition coefficient (Wildman–Crippen LogP) is 8.69. The molecule has 0 aliphatic carbocycles. The van der Waals surface area contributed by atoms with Crippen LogP contribution >= 0.6 is 0 Å². The second-order valence-corrected chi connectivity index (χ2v) is 10.9. The summed E-state index contributed by atoms with van der Waals surface area (Å²) in [7, 11) is 0. The summed E-state index contributed by atoms with van der Waals surface area (Å²) in [6, 6.07) is 27.5. The van der Waals surface area contributed by atoms with E-state index in [1.54, 1.807) is 0 Å². The van der Waals surface area contributed by atoms with Crippen LogP contribution in [-0.2, 0) is 24.9 Å². The predicted molar refractivity (Wildman–Crippen MR) is 148 cm³/mol. The molecule has 4 nitrogen and oxygen atoms in total. The molecule has 0 spiro atoms. The van der Waals surface area contributed by atoms with Crippen LogP contribution in [0.3, 0.4) is 0 Å². The van der Waals surface area contributed by atoms with E-state index >= 15 is 0 Å². The van der Waals surface area contributed by atoms with Crippen LogP contribution in [0.4, 0.5) is 0 Å². The number of aromatic nitrogens is 1. The number of aliphatic hydroxyl groups is 1. The Balaban J connectivity index is 0.000000237. The molecule has 2 aromatic heterocycles. The van der Waals surface area contributed by atoms with E-state index in [9.17, 15) is 9.90 Å². The van der Waals surface area contributed by atoms with E-state index < -0.39 is 5.41 Å². The van der Waals surface area contributed by atoms with E-state index in [-0.39, 0.29) is 37.1 Å². The van der Waals surface area contributed by atoms with Gasteiger partial charge in [0.1, 0.15) is 16.9 Å². The molecule has 0 saturated heterocycles. The SMILES string of the molecule is CC(C)(C)C(=O)/C=C(\O)C(C)(C)C.[Ir].[c-]1ccccc1-c1nc2ccccc2c2c1oc1ccccc12. The maximum Gasteiger partial charge on any atom is 0.164 e. The topological polar surface area (TPSA) is 63.3 Å². The van der Waals surface area contributed by atoms with Crippen LogP contribution in [-0.4, -0.2) is 15.9 Å². The zero-order valence-electron chi connectivity index (χ0n) is 22.0. The Labute approximate surface area is 231 Å². The number of allylic oxidation sites excluding steroid dienone is 2. The van der Waals surface area contributed by atoms with E-state index in [0.717, 1.165) is 44.1 Å². The smallest absolute Gasteiger partial charge is 0.164 e. The minimum atomic E-state index is -0.417. The van der Waals surface area contributed by atoms with Crippen molar-refractivity contribution in [3.8, 4) is 11.3 Å². The van der Waals surface area contributed by atoms with Gasteiger partial charge in [0.25, 0.3) is 0 Å². The second-order valence-electron chi connectivity index (χ2n) is 10.9. The zero-order valence-corrected chi connectivity index (χ0v) is 24.4. The maximum atomic E-state index is 11.5. The first-order valence-corrected chi connectivity index (χ1v) is 12.1. The Hall–Kier alpha value is -3.27. The number of hydrogen-bond donors (Lipinski definition) is 1. The average Bonchev–Trinajstić information content (AvgIpc) is 3.23. The van der Waals surface area contributed by atoms with Crippen LogP contribution in [0.5, 0.6) is 0 Å². The van der Waals surface area contributed by atoms with Gasteiger partial charge in [-0.25, -0.2) is 0 Å². The Morgan fingerprint density at radius 2 is 1.49 bits per heavy atom. The molecule has 0 atom stereocenters. The number of carbonyl (C=O) groups is 1. The Bertz CT molecular complexity index is 1570. The van der Waals surface area contributed by atoms with Crippen molar-refractivity contribution in [2.45, 2.75) is 41.5 Å². The first-order chi connectivity index (χ1) is 17.0. The van der Waals surface area contributed by atoms with Crippen molar-refractivity contribution in [2.75, 3.05) is 0 Å². The molecule has 0 bridgehead atoms. The zero-order chi connectivity index (χ0) is 26.1. The van der Waals surface area contributed by atoms with Crippen molar-refractivity contribution in [3.05, 3.63) is 90.7 Å². The van der Waals surface area contributed by atoms with Gasteiger partial charge in [0.05, 0.1) is 5.52 Å². The number of hydrogen-bond acceptors (Lipinski definition) is 4. The summed E-state index contributed by atoms with van der Waals surface area (Å²) >= 11 is 0. The van der Waals surface area contributed by atoms with E-state index in [2.05, 4.69) is 18.2 Å². The van der Waals surface area contributed by atoms with Gasteiger partial charge in [0, 0.05) is 58.9 Å². The summed E-state index contributed by atoms with van der Waals surface area (Å²) in [5, 5.41) is 12.9. The fraction of sp³-hybridized carbons (Fsp3) is 0.250. The first-order valence-electron chi connectivity index (χ1n) is 12.1. The van der Waals surface area contributed by atoms with Crippen molar-refractivity contribution in [1.82, 2.24) is 4.98 Å². The van der Waals surface area contributed by atoms with Crippen LogP contribution in [0.25, 0.3) is 44.1 Å². The summed E-state index contributed by atoms with van der Waals surface area (Å²) in [6.07, 6.45) is 1.33. The quantitative estimate of drug-likeness (QED) is 0.116. The van der Waals surface area contributed by atoms with Gasteiger partial charge < -0.3 is 9.52 Å². The number of ketones is 1. The molecule has 5 rings (SSSR count). The molecule has 0 aliphatic rings. The standard InChI is InChI=1S/C21H12NO.C11H20O2.Ir/c1-2-8-14(9-3-1)20-21-19(15-10-4-6-12-17(15)22-20)16-11-5-7-13-18(16)23-21;1-10(2,3)8(12)7-9(13)11(4,5)6;/h1-8,10-13H;7,12H,1-6H3;/q-1;;/b;8-7-;. The molecule has 1 radical (unpaired) electrons. The molecule has 3 aromatic carbocycles. The number of carbonyl (C=O) groups excluding carboxylic acids is 1. The van der Waals surface area contributed by atoms with E-state index in [1.807, 2.05) is 102 Å². The molecule has 0 unspecified atom stereocenters. The molecule has 0 saturated carbocycles. The summed E-state index contributed by atoms with van der Waals surface area (Å²) in [6.45, 7) is 11.1. The number of benzene rings is 3. The molecule has 0 fully saturated rings. The molecule has 193 valence electrons. The largest absolute Gasteiger partial charge is 0.512 e. The van der Waals surface area contributed by atoms with Crippen molar-refractivity contribution >= 4 is 38.6 Å². The summed E-state index contributed by atoms with van der Waals surface area (Å²) in [5.74, 6) is 0.104. The van der Waals surface area contributed by atoms with Crippen LogP contribution in [0.15, 0.2) is 89.0 Å². The maximum absolute atomic E-state index is 11.5. The van der Waals surface area contributed by atoms with Gasteiger partial charge in [-0.2, -0.15) is 0 Å². The number of rotatable bonds is 2. The normalized spacial score (nSPS) is 12.2. The van der Waals surface area contributed by atoms with E-state index in [0.29, 0.717) is 0 Å². The van der Waals surface area contributed by atoms with Gasteiger partial charge in [-0.05, 0) is 12.1 Å². The third-order valence-electron chi connectivity index (χ3n) is 5.96. The van der Waals surface area contributed by atoms with Gasteiger partial charge in [-0.1, -0.05) is 77.9 Å². The first kappa shape index (κ1) is 28.3. The number of para-hydroxylation sites is 2. The fourth-order valence-corrected chi connectivity index (χ4v) is 3.71. The summed E-state index contributed by atoms with van der Waals surface area (Å²) < 4.78 is 6.16. The minimum absolute atomic E-state index is 0. The Kier molecular flexibility index (Phi) is 8.41. The van der Waals surface area contributed by atoms with Gasteiger partial charge in [0.2, 0.25) is 0 Å². The number of pyridine rings is 1. The molecule has 37 heavy (non-hydrogen) atoms.